The smallest absolute Gasteiger partial charge is 0.285 e. The normalized spacial score (nSPS) is 15.9. The largest absolute Gasteiger partial charge is 0.332 e. The molecule has 0 aliphatic carbocycles. The summed E-state index contributed by atoms with van der Waals surface area (Å²) in [6, 6.07) is 0. The minimum Gasteiger partial charge on any atom is -0.332 e. The molecular weight excluding hydrogens is 222 g/mol. The quantitative estimate of drug-likeness (QED) is 0.687. The van der Waals surface area contributed by atoms with E-state index in [9.17, 15) is 4.79 Å². The van der Waals surface area contributed by atoms with Crippen molar-refractivity contribution in [2.24, 2.45) is 0 Å². The highest BCUT2D eigenvalue weighted by Gasteiger charge is 2.19. The SMILES string of the molecule is O=C(c1nnc(Cl)s1)N1CC=CCC1. The predicted molar refractivity (Wildman–Crippen MR) is 54.6 cm³/mol. The van der Waals surface area contributed by atoms with Crippen LogP contribution in [0.4, 0.5) is 0 Å². The topological polar surface area (TPSA) is 46.1 Å². The second kappa shape index (κ2) is 4.06. The van der Waals surface area contributed by atoms with Crippen molar-refractivity contribution in [2.45, 2.75) is 6.42 Å². The van der Waals surface area contributed by atoms with E-state index in [1.807, 2.05) is 6.08 Å². The van der Waals surface area contributed by atoms with Gasteiger partial charge in [0.1, 0.15) is 0 Å². The maximum absolute atomic E-state index is 11.8. The van der Waals surface area contributed by atoms with Gasteiger partial charge in [-0.1, -0.05) is 23.5 Å². The molecule has 4 nitrogen and oxygen atoms in total. The average molecular weight is 230 g/mol. The van der Waals surface area contributed by atoms with Crippen LogP contribution >= 0.6 is 22.9 Å². The zero-order valence-electron chi connectivity index (χ0n) is 7.31. The summed E-state index contributed by atoms with van der Waals surface area (Å²) in [5, 5.41) is 7.68. The van der Waals surface area contributed by atoms with Crippen LogP contribution in [-0.4, -0.2) is 34.1 Å². The summed E-state index contributed by atoms with van der Waals surface area (Å²) in [5.41, 5.74) is 0. The van der Waals surface area contributed by atoms with Gasteiger partial charge in [0, 0.05) is 13.1 Å². The van der Waals surface area contributed by atoms with Crippen LogP contribution in [0.3, 0.4) is 0 Å². The molecule has 2 rings (SSSR count). The van der Waals surface area contributed by atoms with Gasteiger partial charge >= 0.3 is 0 Å². The Hall–Kier alpha value is -0.940. The van der Waals surface area contributed by atoms with E-state index in [0.29, 0.717) is 16.0 Å². The first-order valence-electron chi connectivity index (χ1n) is 4.20. The number of amides is 1. The van der Waals surface area contributed by atoms with Crippen LogP contribution in [0.15, 0.2) is 12.2 Å². The fraction of sp³-hybridized carbons (Fsp3) is 0.375. The number of carbonyl (C=O) groups excluding carboxylic acids is 1. The Balaban J connectivity index is 2.11. The van der Waals surface area contributed by atoms with E-state index < -0.39 is 0 Å². The van der Waals surface area contributed by atoms with Crippen LogP contribution in [0.2, 0.25) is 4.47 Å². The Morgan fingerprint density at radius 3 is 2.93 bits per heavy atom. The van der Waals surface area contributed by atoms with Crippen molar-refractivity contribution in [3.8, 4) is 0 Å². The minimum absolute atomic E-state index is 0.0845. The lowest BCUT2D eigenvalue weighted by Crippen LogP contribution is -2.33. The molecule has 14 heavy (non-hydrogen) atoms. The maximum Gasteiger partial charge on any atom is 0.285 e. The van der Waals surface area contributed by atoms with E-state index in [-0.39, 0.29) is 5.91 Å². The highest BCUT2D eigenvalue weighted by molar-refractivity contribution is 7.17. The lowest BCUT2D eigenvalue weighted by atomic mass is 10.2. The fourth-order valence-electron chi connectivity index (χ4n) is 1.25. The van der Waals surface area contributed by atoms with Gasteiger partial charge < -0.3 is 4.90 Å². The maximum atomic E-state index is 11.8. The van der Waals surface area contributed by atoms with Gasteiger partial charge in [0.25, 0.3) is 5.91 Å². The van der Waals surface area contributed by atoms with Crippen LogP contribution in [0.5, 0.6) is 0 Å². The molecule has 0 spiro atoms. The molecule has 2 heterocycles. The second-order valence-electron chi connectivity index (χ2n) is 2.87. The van der Waals surface area contributed by atoms with Crippen molar-refractivity contribution >= 4 is 28.8 Å². The van der Waals surface area contributed by atoms with Crippen molar-refractivity contribution in [3.05, 3.63) is 21.6 Å². The van der Waals surface area contributed by atoms with Crippen molar-refractivity contribution in [1.29, 1.82) is 0 Å². The van der Waals surface area contributed by atoms with E-state index in [4.69, 9.17) is 11.6 Å². The molecule has 1 aromatic heterocycles. The van der Waals surface area contributed by atoms with Crippen molar-refractivity contribution < 1.29 is 4.79 Å². The van der Waals surface area contributed by atoms with Crippen molar-refractivity contribution in [3.63, 3.8) is 0 Å². The molecule has 1 aliphatic heterocycles. The molecule has 0 unspecified atom stereocenters. The third-order valence-electron chi connectivity index (χ3n) is 1.93. The van der Waals surface area contributed by atoms with Gasteiger partial charge in [-0.3, -0.25) is 4.79 Å². The van der Waals surface area contributed by atoms with Gasteiger partial charge in [-0.05, 0) is 18.0 Å². The highest BCUT2D eigenvalue weighted by Crippen LogP contribution is 2.17. The zero-order chi connectivity index (χ0) is 9.97. The van der Waals surface area contributed by atoms with Crippen LogP contribution in [0.1, 0.15) is 16.2 Å². The predicted octanol–water partition coefficient (Wildman–Crippen LogP) is 1.59. The lowest BCUT2D eigenvalue weighted by molar-refractivity contribution is 0.0770. The van der Waals surface area contributed by atoms with Gasteiger partial charge in [-0.25, -0.2) is 0 Å². The first-order valence-corrected chi connectivity index (χ1v) is 5.40. The van der Waals surface area contributed by atoms with Gasteiger partial charge in [0.2, 0.25) is 9.47 Å². The minimum atomic E-state index is -0.0845. The summed E-state index contributed by atoms with van der Waals surface area (Å²) in [4.78, 5) is 13.5. The molecule has 0 fully saturated rings. The van der Waals surface area contributed by atoms with Crippen LogP contribution in [-0.2, 0) is 0 Å². The number of hydrogen-bond donors (Lipinski definition) is 0. The molecular formula is C8H8ClN3OS. The summed E-state index contributed by atoms with van der Waals surface area (Å²) in [6.45, 7) is 1.39. The first-order chi connectivity index (χ1) is 6.77. The summed E-state index contributed by atoms with van der Waals surface area (Å²) in [6.07, 6.45) is 4.94. The highest BCUT2D eigenvalue weighted by atomic mass is 35.5. The van der Waals surface area contributed by atoms with Gasteiger partial charge in [-0.2, -0.15) is 0 Å². The molecule has 0 atom stereocenters. The van der Waals surface area contributed by atoms with Gasteiger partial charge in [-0.15, -0.1) is 10.2 Å². The molecule has 1 amide bonds. The Bertz CT molecular complexity index is 376. The summed E-state index contributed by atoms with van der Waals surface area (Å²) in [5.74, 6) is -0.0845. The summed E-state index contributed by atoms with van der Waals surface area (Å²) >= 11 is 6.72. The molecule has 0 radical (unpaired) electrons. The fourth-order valence-corrected chi connectivity index (χ4v) is 2.05. The van der Waals surface area contributed by atoms with E-state index >= 15 is 0 Å². The van der Waals surface area contributed by atoms with Crippen molar-refractivity contribution in [2.75, 3.05) is 13.1 Å². The Morgan fingerprint density at radius 2 is 2.36 bits per heavy atom. The Kier molecular flexibility index (Phi) is 2.79. The number of hydrogen-bond acceptors (Lipinski definition) is 4. The molecule has 1 aliphatic rings. The van der Waals surface area contributed by atoms with E-state index in [2.05, 4.69) is 16.3 Å². The number of halogens is 1. The van der Waals surface area contributed by atoms with Gasteiger partial charge in [0.05, 0.1) is 0 Å². The molecule has 0 saturated carbocycles. The van der Waals surface area contributed by atoms with E-state index in [0.717, 1.165) is 24.3 Å². The molecule has 74 valence electrons. The molecule has 0 aromatic carbocycles. The van der Waals surface area contributed by atoms with Crippen molar-refractivity contribution in [1.82, 2.24) is 15.1 Å². The number of nitrogens with zero attached hydrogens (tertiary/aromatic N) is 3. The zero-order valence-corrected chi connectivity index (χ0v) is 8.88. The Morgan fingerprint density at radius 1 is 1.50 bits per heavy atom. The number of rotatable bonds is 1. The third kappa shape index (κ3) is 1.93. The third-order valence-corrected chi connectivity index (χ3v) is 2.94. The van der Waals surface area contributed by atoms with Crippen LogP contribution in [0.25, 0.3) is 0 Å². The van der Waals surface area contributed by atoms with E-state index in [1.165, 1.54) is 0 Å². The standard InChI is InChI=1S/C8H8ClN3OS/c9-8-11-10-6(14-8)7(13)12-4-2-1-3-5-12/h1-2H,3-5H2. The number of aromatic nitrogens is 2. The number of carbonyl (C=O) groups is 1. The average Bonchev–Trinajstić information content (AvgIpc) is 2.65. The summed E-state index contributed by atoms with van der Waals surface area (Å²) < 4.78 is 0.306. The molecule has 6 heteroatoms. The van der Waals surface area contributed by atoms with Crippen LogP contribution < -0.4 is 0 Å². The second-order valence-corrected chi connectivity index (χ2v) is 4.43. The first kappa shape index (κ1) is 9.61. The molecule has 0 saturated heterocycles. The molecule has 1 aromatic rings. The Labute approximate surface area is 90.2 Å². The van der Waals surface area contributed by atoms with Crippen LogP contribution in [0, 0.1) is 0 Å². The monoisotopic (exact) mass is 229 g/mol. The summed E-state index contributed by atoms with van der Waals surface area (Å²) in [7, 11) is 0. The molecule has 0 N–H and O–H groups in total. The molecule has 0 bridgehead atoms. The van der Waals surface area contributed by atoms with Gasteiger partial charge in [0.15, 0.2) is 0 Å². The van der Waals surface area contributed by atoms with E-state index in [1.54, 1.807) is 4.90 Å². The lowest BCUT2D eigenvalue weighted by Gasteiger charge is -2.21.